The van der Waals surface area contributed by atoms with E-state index < -0.39 is 5.41 Å². The van der Waals surface area contributed by atoms with Crippen LogP contribution in [-0.4, -0.2) is 15.1 Å². The first kappa shape index (κ1) is 23.9. The van der Waals surface area contributed by atoms with Gasteiger partial charge in [0.25, 0.3) is 0 Å². The maximum atomic E-state index is 11.0. The average Bonchev–Trinajstić information content (AvgIpc) is 2.57. The molecule has 24 heavy (non-hydrogen) atoms. The molecule has 0 aromatic rings. The summed E-state index contributed by atoms with van der Waals surface area (Å²) in [6.45, 7) is 4.08. The molecule has 0 aliphatic heterocycles. The van der Waals surface area contributed by atoms with Gasteiger partial charge in [-0.1, -0.05) is 76.9 Å². The average molecular weight is 388 g/mol. The number of rotatable bonds is 15. The Balaban J connectivity index is 3.67. The molecule has 1 atom stereocenters. The molecular formula is C19H33NOS3. The number of hydrogen-bond acceptors (Lipinski definition) is 4. The van der Waals surface area contributed by atoms with Gasteiger partial charge in [0.15, 0.2) is 5.12 Å². The molecule has 0 N–H and O–H groups in total. The van der Waals surface area contributed by atoms with Crippen LogP contribution in [0.2, 0.25) is 0 Å². The zero-order valence-electron chi connectivity index (χ0n) is 15.3. The number of thiocarbonyl (C=S) groups is 1. The Hall–Kier alpha value is -0.0500. The second kappa shape index (κ2) is 15.2. The lowest BCUT2D eigenvalue weighted by Gasteiger charge is -2.21. The molecular weight excluding hydrogens is 354 g/mol. The lowest BCUT2D eigenvalue weighted by molar-refractivity contribution is -0.111. The van der Waals surface area contributed by atoms with E-state index in [1.165, 1.54) is 57.8 Å². The Morgan fingerprint density at radius 3 is 2.04 bits per heavy atom. The largest absolute Gasteiger partial charge is 0.288 e. The van der Waals surface area contributed by atoms with Gasteiger partial charge in [-0.05, 0) is 25.5 Å². The fourth-order valence-electron chi connectivity index (χ4n) is 2.47. The topological polar surface area (TPSA) is 40.9 Å². The highest BCUT2D eigenvalue weighted by Gasteiger charge is 2.29. The monoisotopic (exact) mass is 387 g/mol. The highest BCUT2D eigenvalue weighted by Crippen LogP contribution is 2.31. The van der Waals surface area contributed by atoms with E-state index in [2.05, 4.69) is 25.6 Å². The molecule has 0 rings (SSSR count). The van der Waals surface area contributed by atoms with Crippen LogP contribution in [0.25, 0.3) is 0 Å². The van der Waals surface area contributed by atoms with Crippen LogP contribution in [0.4, 0.5) is 0 Å². The maximum Gasteiger partial charge on any atom is 0.185 e. The molecule has 0 fully saturated rings. The van der Waals surface area contributed by atoms with Crippen molar-refractivity contribution >= 4 is 45.9 Å². The summed E-state index contributed by atoms with van der Waals surface area (Å²) in [5.74, 6) is 0.974. The lowest BCUT2D eigenvalue weighted by atomic mass is 9.89. The Bertz CT molecular complexity index is 406. The van der Waals surface area contributed by atoms with Crippen LogP contribution in [0, 0.1) is 16.7 Å². The van der Waals surface area contributed by atoms with Crippen LogP contribution >= 0.6 is 36.6 Å². The van der Waals surface area contributed by atoms with E-state index in [1.807, 2.05) is 6.92 Å². The van der Waals surface area contributed by atoms with Crippen molar-refractivity contribution in [3.8, 4) is 6.07 Å². The Morgan fingerprint density at radius 1 is 1.08 bits per heavy atom. The van der Waals surface area contributed by atoms with Gasteiger partial charge in [0.05, 0.1) is 15.7 Å². The summed E-state index contributed by atoms with van der Waals surface area (Å²) in [7, 11) is 0. The third-order valence-electron chi connectivity index (χ3n) is 4.27. The van der Waals surface area contributed by atoms with E-state index in [1.54, 1.807) is 11.8 Å². The number of carbonyl (C=O) groups is 1. The van der Waals surface area contributed by atoms with E-state index in [0.29, 0.717) is 12.8 Å². The van der Waals surface area contributed by atoms with Crippen molar-refractivity contribution in [2.24, 2.45) is 5.41 Å². The summed E-state index contributed by atoms with van der Waals surface area (Å²) in [6.07, 6.45) is 14.0. The number of thioether (sulfide) groups is 1. The number of nitrogens with zero attached hydrogens (tertiary/aromatic N) is 1. The normalized spacial score (nSPS) is 13.2. The quantitative estimate of drug-likeness (QED) is 0.192. The summed E-state index contributed by atoms with van der Waals surface area (Å²) in [6, 6.07) is 2.28. The predicted molar refractivity (Wildman–Crippen MR) is 114 cm³/mol. The number of unbranched alkanes of at least 4 members (excludes halogenated alkanes) is 9. The minimum atomic E-state index is -0.698. The van der Waals surface area contributed by atoms with Gasteiger partial charge in [0, 0.05) is 6.42 Å². The molecule has 2 nitrogen and oxygen atoms in total. The van der Waals surface area contributed by atoms with Crippen molar-refractivity contribution in [1.29, 1.82) is 5.26 Å². The van der Waals surface area contributed by atoms with Gasteiger partial charge in [0.2, 0.25) is 0 Å². The van der Waals surface area contributed by atoms with E-state index in [0.717, 1.165) is 16.4 Å². The second-order valence-corrected chi connectivity index (χ2v) is 8.93. The summed E-state index contributed by atoms with van der Waals surface area (Å²) >= 11 is 10.8. The number of thiol groups is 1. The molecule has 1 unspecified atom stereocenters. The third kappa shape index (κ3) is 12.3. The molecule has 0 aromatic carbocycles. The molecule has 0 amide bonds. The van der Waals surface area contributed by atoms with Crippen LogP contribution in [-0.2, 0) is 4.79 Å². The summed E-state index contributed by atoms with van der Waals surface area (Å²) in [5, 5.41) is 9.18. The number of carbonyl (C=O) groups excluding carboxylic acids is 1. The molecule has 0 spiro atoms. The van der Waals surface area contributed by atoms with Crippen molar-refractivity contribution in [2.45, 2.75) is 90.9 Å². The third-order valence-corrected chi connectivity index (χ3v) is 6.50. The number of nitriles is 1. The predicted octanol–water partition coefficient (Wildman–Crippen LogP) is 6.73. The summed E-state index contributed by atoms with van der Waals surface area (Å²) < 4.78 is 0.718. The molecule has 0 saturated carbocycles. The van der Waals surface area contributed by atoms with Gasteiger partial charge in [-0.15, -0.1) is 24.4 Å². The van der Waals surface area contributed by atoms with E-state index in [9.17, 15) is 10.1 Å². The van der Waals surface area contributed by atoms with Crippen LogP contribution in [0.1, 0.15) is 90.9 Å². The first-order chi connectivity index (χ1) is 11.5. The van der Waals surface area contributed by atoms with Gasteiger partial charge in [-0.2, -0.15) is 5.26 Å². The zero-order valence-corrected chi connectivity index (χ0v) is 17.8. The maximum absolute atomic E-state index is 11.0. The SMILES string of the molecule is CCCCCCCCCCCCSC(=S)C(C)(C#N)CCC(=O)S. The highest BCUT2D eigenvalue weighted by molar-refractivity contribution is 8.23. The van der Waals surface area contributed by atoms with Gasteiger partial charge >= 0.3 is 0 Å². The zero-order chi connectivity index (χ0) is 18.3. The van der Waals surface area contributed by atoms with E-state index >= 15 is 0 Å². The first-order valence-electron chi connectivity index (χ1n) is 9.26. The molecule has 0 aliphatic rings. The fourth-order valence-corrected chi connectivity index (χ4v) is 3.98. The minimum absolute atomic E-state index is 0.182. The van der Waals surface area contributed by atoms with Crippen molar-refractivity contribution in [3.63, 3.8) is 0 Å². The summed E-state index contributed by atoms with van der Waals surface area (Å²) in [4.78, 5) is 11.0. The summed E-state index contributed by atoms with van der Waals surface area (Å²) in [5.41, 5.74) is -0.698. The molecule has 0 radical (unpaired) electrons. The van der Waals surface area contributed by atoms with Crippen LogP contribution < -0.4 is 0 Å². The standard InChI is InChI=1S/C19H33NOS3/c1-3-4-5-6-7-8-9-10-11-12-15-24-18(23)19(2,16-20)14-13-17(21)22/h3-15H2,1-2H3,(H,21,22). The lowest BCUT2D eigenvalue weighted by Crippen LogP contribution is -2.23. The van der Waals surface area contributed by atoms with Gasteiger partial charge < -0.3 is 0 Å². The minimum Gasteiger partial charge on any atom is -0.288 e. The van der Waals surface area contributed by atoms with Crippen molar-refractivity contribution < 1.29 is 4.79 Å². The Labute approximate surface area is 163 Å². The molecule has 0 saturated heterocycles. The van der Waals surface area contributed by atoms with Gasteiger partial charge in [-0.3, -0.25) is 4.79 Å². The smallest absolute Gasteiger partial charge is 0.185 e. The molecule has 0 heterocycles. The molecule has 5 heteroatoms. The van der Waals surface area contributed by atoms with Gasteiger partial charge in [-0.25, -0.2) is 0 Å². The molecule has 0 aromatic heterocycles. The second-order valence-electron chi connectivity index (χ2n) is 6.66. The van der Waals surface area contributed by atoms with Crippen molar-refractivity contribution in [3.05, 3.63) is 0 Å². The number of hydrogen-bond donors (Lipinski definition) is 1. The van der Waals surface area contributed by atoms with E-state index in [4.69, 9.17) is 12.2 Å². The van der Waals surface area contributed by atoms with Crippen LogP contribution in [0.3, 0.4) is 0 Å². The molecule has 0 bridgehead atoms. The van der Waals surface area contributed by atoms with Crippen molar-refractivity contribution in [1.82, 2.24) is 0 Å². The first-order valence-corrected chi connectivity index (χ1v) is 11.1. The molecule has 0 aliphatic carbocycles. The highest BCUT2D eigenvalue weighted by atomic mass is 32.2. The van der Waals surface area contributed by atoms with Crippen LogP contribution in [0.15, 0.2) is 0 Å². The van der Waals surface area contributed by atoms with Crippen LogP contribution in [0.5, 0.6) is 0 Å². The van der Waals surface area contributed by atoms with Gasteiger partial charge in [0.1, 0.15) is 0 Å². The molecule has 138 valence electrons. The fraction of sp³-hybridized carbons (Fsp3) is 0.842. The Morgan fingerprint density at radius 2 is 1.58 bits per heavy atom. The Kier molecular flexibility index (Phi) is 15.2. The van der Waals surface area contributed by atoms with Crippen molar-refractivity contribution in [2.75, 3.05) is 5.75 Å². The van der Waals surface area contributed by atoms with E-state index in [-0.39, 0.29) is 5.12 Å².